The summed E-state index contributed by atoms with van der Waals surface area (Å²) in [6.45, 7) is 5.07. The van der Waals surface area contributed by atoms with Gasteiger partial charge in [-0.2, -0.15) is 0 Å². The smallest absolute Gasteiger partial charge is 0.253 e. The van der Waals surface area contributed by atoms with Crippen LogP contribution < -0.4 is 10.6 Å². The fourth-order valence-corrected chi connectivity index (χ4v) is 4.88. The van der Waals surface area contributed by atoms with Crippen LogP contribution in [0.4, 0.5) is 0 Å². The first-order chi connectivity index (χ1) is 8.50. The minimum absolute atomic E-state index is 0.00332. The number of piperidine rings is 1. The maximum absolute atomic E-state index is 12.1. The van der Waals surface area contributed by atoms with Gasteiger partial charge in [-0.15, -0.1) is 11.3 Å². The summed E-state index contributed by atoms with van der Waals surface area (Å²) in [6.07, 6.45) is 2.23. The molecular formula is C12H16Br2N2OS. The largest absolute Gasteiger partial charge is 0.351 e. The van der Waals surface area contributed by atoms with E-state index in [1.807, 2.05) is 6.07 Å². The van der Waals surface area contributed by atoms with Crippen LogP contribution in [0.5, 0.6) is 0 Å². The van der Waals surface area contributed by atoms with Crippen LogP contribution >= 0.6 is 43.2 Å². The highest BCUT2D eigenvalue weighted by Crippen LogP contribution is 2.32. The van der Waals surface area contributed by atoms with Gasteiger partial charge in [0.05, 0.1) is 13.1 Å². The number of hydrogen-bond donors (Lipinski definition) is 2. The molecule has 0 aliphatic carbocycles. The summed E-state index contributed by atoms with van der Waals surface area (Å²) in [7, 11) is 0. The van der Waals surface area contributed by atoms with E-state index in [4.69, 9.17) is 0 Å². The van der Waals surface area contributed by atoms with Gasteiger partial charge in [-0.25, -0.2) is 0 Å². The van der Waals surface area contributed by atoms with Crippen LogP contribution in [0.25, 0.3) is 0 Å². The molecule has 0 bridgehead atoms. The minimum atomic E-state index is 0.00332. The summed E-state index contributed by atoms with van der Waals surface area (Å²) in [6, 6.07) is 1.86. The quantitative estimate of drug-likeness (QED) is 0.823. The van der Waals surface area contributed by atoms with Crippen molar-refractivity contribution in [2.45, 2.75) is 19.8 Å². The van der Waals surface area contributed by atoms with Gasteiger partial charge in [-0.1, -0.05) is 6.92 Å². The van der Waals surface area contributed by atoms with Crippen LogP contribution in [-0.4, -0.2) is 25.5 Å². The third kappa shape index (κ3) is 3.56. The summed E-state index contributed by atoms with van der Waals surface area (Å²) >= 11 is 8.33. The number of carbonyl (C=O) groups excluding carboxylic acids is 1. The summed E-state index contributed by atoms with van der Waals surface area (Å²) in [4.78, 5) is 12.1. The van der Waals surface area contributed by atoms with Crippen molar-refractivity contribution in [2.24, 2.45) is 5.41 Å². The molecule has 0 aromatic carbocycles. The molecule has 1 aliphatic heterocycles. The minimum Gasteiger partial charge on any atom is -0.351 e. The Morgan fingerprint density at radius 2 is 2.17 bits per heavy atom. The molecule has 1 fully saturated rings. The van der Waals surface area contributed by atoms with Crippen LogP contribution in [0.2, 0.25) is 0 Å². The molecule has 100 valence electrons. The number of halogens is 2. The number of thiophene rings is 1. The van der Waals surface area contributed by atoms with Gasteiger partial charge >= 0.3 is 0 Å². The lowest BCUT2D eigenvalue weighted by Gasteiger charge is -2.34. The van der Waals surface area contributed by atoms with Crippen molar-refractivity contribution in [1.29, 1.82) is 0 Å². The van der Waals surface area contributed by atoms with Gasteiger partial charge in [0.15, 0.2) is 0 Å². The first-order valence-electron chi connectivity index (χ1n) is 5.94. The van der Waals surface area contributed by atoms with Crippen LogP contribution in [0, 0.1) is 5.41 Å². The maximum Gasteiger partial charge on any atom is 0.253 e. The summed E-state index contributed by atoms with van der Waals surface area (Å²) in [5.41, 5.74) is 0.935. The van der Waals surface area contributed by atoms with Gasteiger partial charge in [0.2, 0.25) is 0 Å². The molecule has 0 radical (unpaired) electrons. The molecule has 1 aromatic rings. The first kappa shape index (κ1) is 14.5. The molecule has 1 amide bonds. The van der Waals surface area contributed by atoms with Crippen molar-refractivity contribution in [1.82, 2.24) is 10.6 Å². The van der Waals surface area contributed by atoms with Crippen molar-refractivity contribution < 1.29 is 4.79 Å². The van der Waals surface area contributed by atoms with Crippen LogP contribution in [-0.2, 0) is 0 Å². The number of hydrogen-bond acceptors (Lipinski definition) is 3. The molecule has 6 heteroatoms. The Bertz CT molecular complexity index is 441. The van der Waals surface area contributed by atoms with E-state index in [1.165, 1.54) is 11.3 Å². The van der Waals surface area contributed by atoms with Crippen LogP contribution in [0.15, 0.2) is 13.6 Å². The zero-order chi connectivity index (χ0) is 13.2. The monoisotopic (exact) mass is 394 g/mol. The van der Waals surface area contributed by atoms with Gasteiger partial charge in [-0.05, 0) is 69.3 Å². The van der Waals surface area contributed by atoms with Gasteiger partial charge in [0.25, 0.3) is 5.91 Å². The Morgan fingerprint density at radius 3 is 2.72 bits per heavy atom. The second-order valence-electron chi connectivity index (χ2n) is 4.98. The van der Waals surface area contributed by atoms with Crippen molar-refractivity contribution in [3.05, 3.63) is 19.2 Å². The van der Waals surface area contributed by atoms with Gasteiger partial charge < -0.3 is 10.6 Å². The Labute approximate surface area is 128 Å². The number of amides is 1. The molecule has 2 N–H and O–H groups in total. The van der Waals surface area contributed by atoms with Gasteiger partial charge in [0.1, 0.15) is 0 Å². The van der Waals surface area contributed by atoms with Crippen molar-refractivity contribution >= 4 is 49.1 Å². The van der Waals surface area contributed by atoms with Crippen molar-refractivity contribution in [3.63, 3.8) is 0 Å². The molecule has 2 rings (SSSR count). The second-order valence-corrected chi connectivity index (χ2v) is 8.73. The number of rotatable bonds is 3. The Morgan fingerprint density at radius 1 is 1.50 bits per heavy atom. The number of carbonyl (C=O) groups is 1. The zero-order valence-corrected chi connectivity index (χ0v) is 14.2. The van der Waals surface area contributed by atoms with Crippen LogP contribution in [0.3, 0.4) is 0 Å². The normalized spacial score (nSPS) is 18.6. The average molecular weight is 396 g/mol. The summed E-state index contributed by atoms with van der Waals surface area (Å²) < 4.78 is 1.84. The molecule has 2 heterocycles. The first-order valence-corrected chi connectivity index (χ1v) is 8.34. The lowest BCUT2D eigenvalue weighted by Crippen LogP contribution is -2.42. The van der Waals surface area contributed by atoms with Crippen molar-refractivity contribution in [3.8, 4) is 0 Å². The summed E-state index contributed by atoms with van der Waals surface area (Å²) in [5.74, 6) is 0.00332. The molecule has 0 unspecified atom stereocenters. The maximum atomic E-state index is 12.1. The Kier molecular flexibility index (Phi) is 4.86. The Hall–Kier alpha value is 0.0900. The second kappa shape index (κ2) is 6.03. The van der Waals surface area contributed by atoms with E-state index in [0.717, 1.165) is 40.0 Å². The molecule has 0 saturated carbocycles. The molecule has 1 saturated heterocycles. The van der Waals surface area contributed by atoms with Crippen LogP contribution in [0.1, 0.15) is 30.1 Å². The molecular weight excluding hydrogens is 380 g/mol. The molecule has 0 atom stereocenters. The third-order valence-corrected chi connectivity index (χ3v) is 5.73. The Balaban J connectivity index is 1.94. The van der Waals surface area contributed by atoms with Gasteiger partial charge in [-0.3, -0.25) is 4.79 Å². The van der Waals surface area contributed by atoms with E-state index in [9.17, 15) is 4.79 Å². The lowest BCUT2D eigenvalue weighted by atomic mass is 9.81. The highest BCUT2D eigenvalue weighted by Gasteiger charge is 2.27. The van der Waals surface area contributed by atoms with Crippen molar-refractivity contribution in [2.75, 3.05) is 19.6 Å². The van der Waals surface area contributed by atoms with E-state index in [-0.39, 0.29) is 11.3 Å². The molecule has 1 aliphatic rings. The predicted molar refractivity (Wildman–Crippen MR) is 82.3 cm³/mol. The molecule has 3 nitrogen and oxygen atoms in total. The van der Waals surface area contributed by atoms with E-state index in [2.05, 4.69) is 49.4 Å². The van der Waals surface area contributed by atoms with E-state index < -0.39 is 0 Å². The average Bonchev–Trinajstić information content (AvgIpc) is 2.67. The standard InChI is InChI=1S/C12H16Br2N2OS/c1-12(2-4-15-5-3-12)7-16-11(17)8-6-9(13)18-10(8)14/h6,15H,2-5,7H2,1H3,(H,16,17). The fourth-order valence-electron chi connectivity index (χ4n) is 2.09. The van der Waals surface area contributed by atoms with E-state index in [0.29, 0.717) is 5.56 Å². The molecule has 1 aromatic heterocycles. The third-order valence-electron chi connectivity index (χ3n) is 3.39. The lowest BCUT2D eigenvalue weighted by molar-refractivity contribution is 0.0922. The zero-order valence-electron chi connectivity index (χ0n) is 10.2. The highest BCUT2D eigenvalue weighted by molar-refractivity contribution is 9.12. The predicted octanol–water partition coefficient (Wildman–Crippen LogP) is 3.39. The highest BCUT2D eigenvalue weighted by atomic mass is 79.9. The van der Waals surface area contributed by atoms with E-state index >= 15 is 0 Å². The summed E-state index contributed by atoms with van der Waals surface area (Å²) in [5, 5.41) is 6.40. The topological polar surface area (TPSA) is 41.1 Å². The number of nitrogens with one attached hydrogen (secondary N) is 2. The SMILES string of the molecule is CC1(CNC(=O)c2cc(Br)sc2Br)CCNCC1. The fraction of sp³-hybridized carbons (Fsp3) is 0.583. The van der Waals surface area contributed by atoms with Gasteiger partial charge in [0, 0.05) is 6.54 Å². The molecule has 0 spiro atoms. The van der Waals surface area contributed by atoms with E-state index in [1.54, 1.807) is 0 Å². The molecule has 18 heavy (non-hydrogen) atoms.